The lowest BCUT2D eigenvalue weighted by atomic mass is 10.0. The summed E-state index contributed by atoms with van der Waals surface area (Å²) in [5, 5.41) is 0. The lowest BCUT2D eigenvalue weighted by molar-refractivity contribution is 0.279. The average molecular weight is 429 g/mol. The van der Waals surface area contributed by atoms with Crippen molar-refractivity contribution in [2.75, 3.05) is 6.61 Å². The highest BCUT2D eigenvalue weighted by atomic mass is 16.5. The lowest BCUT2D eigenvalue weighted by Crippen LogP contribution is -2.10. The molecule has 4 heteroatoms. The predicted molar refractivity (Wildman–Crippen MR) is 131 cm³/mol. The second kappa shape index (κ2) is 9.90. The molecule has 4 nitrogen and oxygen atoms in total. The summed E-state index contributed by atoms with van der Waals surface area (Å²) < 4.78 is 14.4. The molecule has 0 aliphatic heterocycles. The van der Waals surface area contributed by atoms with E-state index in [0.717, 1.165) is 46.9 Å². The van der Waals surface area contributed by atoms with Gasteiger partial charge in [0.25, 0.3) is 0 Å². The van der Waals surface area contributed by atoms with Crippen molar-refractivity contribution in [2.45, 2.75) is 53.2 Å². The molecular weight excluding hydrogens is 396 g/mol. The van der Waals surface area contributed by atoms with Crippen LogP contribution in [0.15, 0.2) is 66.7 Å². The number of benzene rings is 3. The van der Waals surface area contributed by atoms with Crippen LogP contribution in [0.25, 0.3) is 11.0 Å². The average Bonchev–Trinajstić information content (AvgIpc) is 3.15. The molecule has 166 valence electrons. The van der Waals surface area contributed by atoms with Crippen LogP contribution in [0.5, 0.6) is 11.5 Å². The van der Waals surface area contributed by atoms with Gasteiger partial charge in [0.05, 0.1) is 17.6 Å². The van der Waals surface area contributed by atoms with E-state index in [9.17, 15) is 0 Å². The molecule has 1 heterocycles. The molecule has 0 bridgehead atoms. The van der Waals surface area contributed by atoms with E-state index in [-0.39, 0.29) is 0 Å². The third kappa shape index (κ3) is 5.13. The number of nitrogens with zero attached hydrogens (tertiary/aromatic N) is 2. The van der Waals surface area contributed by atoms with E-state index in [1.165, 1.54) is 11.1 Å². The first-order valence-electron chi connectivity index (χ1n) is 11.4. The molecule has 0 fully saturated rings. The van der Waals surface area contributed by atoms with E-state index in [2.05, 4.69) is 92.9 Å². The Kier molecular flexibility index (Phi) is 6.79. The smallest absolute Gasteiger partial charge is 0.148 e. The maximum atomic E-state index is 6.17. The molecule has 0 radical (unpaired) electrons. The minimum Gasteiger partial charge on any atom is -0.494 e. The Morgan fingerprint density at radius 1 is 0.906 bits per heavy atom. The summed E-state index contributed by atoms with van der Waals surface area (Å²) >= 11 is 0. The Morgan fingerprint density at radius 3 is 2.47 bits per heavy atom. The Bertz CT molecular complexity index is 1180. The number of fused-ring (bicyclic) bond motifs is 1. The molecule has 0 atom stereocenters. The van der Waals surface area contributed by atoms with Crippen LogP contribution in [0.2, 0.25) is 0 Å². The van der Waals surface area contributed by atoms with Crippen molar-refractivity contribution in [3.8, 4) is 11.5 Å². The van der Waals surface area contributed by atoms with Gasteiger partial charge in [-0.25, -0.2) is 4.98 Å². The molecular formula is C28H32N2O2. The highest BCUT2D eigenvalue weighted by Gasteiger charge is 2.12. The summed E-state index contributed by atoms with van der Waals surface area (Å²) in [4.78, 5) is 4.84. The van der Waals surface area contributed by atoms with Gasteiger partial charge in [-0.1, -0.05) is 50.2 Å². The van der Waals surface area contributed by atoms with Crippen molar-refractivity contribution in [3.63, 3.8) is 0 Å². The van der Waals surface area contributed by atoms with Crippen molar-refractivity contribution >= 4 is 11.0 Å². The van der Waals surface area contributed by atoms with E-state index in [1.54, 1.807) is 0 Å². The van der Waals surface area contributed by atoms with Crippen LogP contribution < -0.4 is 9.47 Å². The summed E-state index contributed by atoms with van der Waals surface area (Å²) in [6.07, 6.45) is 0.892. The highest BCUT2D eigenvalue weighted by molar-refractivity contribution is 5.75. The van der Waals surface area contributed by atoms with Crippen molar-refractivity contribution in [1.29, 1.82) is 0 Å². The molecule has 0 aliphatic rings. The lowest BCUT2D eigenvalue weighted by Gasteiger charge is -2.13. The SMILES string of the molecule is Cc1ccc(C)c(OCc2nc3ccccc3n2CCCOc2ccc(C(C)C)cc2)c1. The summed E-state index contributed by atoms with van der Waals surface area (Å²) in [5.74, 6) is 3.30. The topological polar surface area (TPSA) is 36.3 Å². The van der Waals surface area contributed by atoms with Crippen LogP contribution in [0.1, 0.15) is 48.7 Å². The number of para-hydroxylation sites is 2. The van der Waals surface area contributed by atoms with Gasteiger partial charge < -0.3 is 14.0 Å². The molecule has 4 aromatic rings. The summed E-state index contributed by atoms with van der Waals surface area (Å²) in [6, 6.07) is 23.0. The first-order valence-corrected chi connectivity index (χ1v) is 11.4. The molecule has 0 unspecified atom stereocenters. The van der Waals surface area contributed by atoms with Gasteiger partial charge in [-0.05, 0) is 73.2 Å². The zero-order valence-electron chi connectivity index (χ0n) is 19.5. The number of hydrogen-bond donors (Lipinski definition) is 0. The van der Waals surface area contributed by atoms with Gasteiger partial charge in [0, 0.05) is 6.54 Å². The minimum absolute atomic E-state index is 0.441. The second-order valence-electron chi connectivity index (χ2n) is 8.65. The molecule has 32 heavy (non-hydrogen) atoms. The molecule has 3 aromatic carbocycles. The Morgan fingerprint density at radius 2 is 1.69 bits per heavy atom. The number of rotatable bonds is 9. The number of hydrogen-bond acceptors (Lipinski definition) is 3. The van der Waals surface area contributed by atoms with Gasteiger partial charge in [-0.2, -0.15) is 0 Å². The minimum atomic E-state index is 0.441. The monoisotopic (exact) mass is 428 g/mol. The van der Waals surface area contributed by atoms with Gasteiger partial charge in [0.1, 0.15) is 23.9 Å². The van der Waals surface area contributed by atoms with Gasteiger partial charge in [-0.15, -0.1) is 0 Å². The van der Waals surface area contributed by atoms with E-state index in [4.69, 9.17) is 14.5 Å². The third-order valence-corrected chi connectivity index (χ3v) is 5.78. The summed E-state index contributed by atoms with van der Waals surface area (Å²) in [5.41, 5.74) is 5.79. The third-order valence-electron chi connectivity index (χ3n) is 5.78. The fourth-order valence-electron chi connectivity index (χ4n) is 3.85. The van der Waals surface area contributed by atoms with Crippen molar-refractivity contribution in [3.05, 3.63) is 89.2 Å². The van der Waals surface area contributed by atoms with E-state index in [1.807, 2.05) is 6.07 Å². The van der Waals surface area contributed by atoms with E-state index in [0.29, 0.717) is 19.1 Å². The van der Waals surface area contributed by atoms with Gasteiger partial charge in [0.15, 0.2) is 0 Å². The van der Waals surface area contributed by atoms with E-state index >= 15 is 0 Å². The van der Waals surface area contributed by atoms with Crippen molar-refractivity contribution in [2.24, 2.45) is 0 Å². The molecule has 0 saturated carbocycles. The predicted octanol–water partition coefficient (Wildman–Crippen LogP) is 6.82. The summed E-state index contributed by atoms with van der Waals surface area (Å²) in [7, 11) is 0. The molecule has 0 aliphatic carbocycles. The first kappa shape index (κ1) is 21.9. The Balaban J connectivity index is 1.42. The molecule has 1 aromatic heterocycles. The summed E-state index contributed by atoms with van der Waals surface area (Å²) in [6.45, 7) is 10.5. The normalized spacial score (nSPS) is 11.3. The quantitative estimate of drug-likeness (QED) is 0.274. The molecule has 0 N–H and O–H groups in total. The first-order chi connectivity index (χ1) is 15.5. The number of imidazole rings is 1. The second-order valence-corrected chi connectivity index (χ2v) is 8.65. The maximum Gasteiger partial charge on any atom is 0.148 e. The molecule has 0 spiro atoms. The van der Waals surface area contributed by atoms with Crippen molar-refractivity contribution in [1.82, 2.24) is 9.55 Å². The van der Waals surface area contributed by atoms with Crippen molar-refractivity contribution < 1.29 is 9.47 Å². The fourth-order valence-corrected chi connectivity index (χ4v) is 3.85. The van der Waals surface area contributed by atoms with Gasteiger partial charge in [-0.3, -0.25) is 0 Å². The van der Waals surface area contributed by atoms with Gasteiger partial charge >= 0.3 is 0 Å². The number of ether oxygens (including phenoxy) is 2. The van der Waals surface area contributed by atoms with Crippen LogP contribution in [-0.4, -0.2) is 16.2 Å². The molecule has 0 saturated heterocycles. The highest BCUT2D eigenvalue weighted by Crippen LogP contribution is 2.23. The molecule has 4 rings (SSSR count). The molecule has 0 amide bonds. The van der Waals surface area contributed by atoms with Gasteiger partial charge in [0.2, 0.25) is 0 Å². The van der Waals surface area contributed by atoms with Crippen LogP contribution in [0, 0.1) is 13.8 Å². The van der Waals surface area contributed by atoms with Crippen LogP contribution >= 0.6 is 0 Å². The van der Waals surface area contributed by atoms with E-state index < -0.39 is 0 Å². The van der Waals surface area contributed by atoms with Crippen LogP contribution in [0.3, 0.4) is 0 Å². The zero-order valence-corrected chi connectivity index (χ0v) is 19.5. The largest absolute Gasteiger partial charge is 0.494 e. The Hall–Kier alpha value is -3.27. The number of aryl methyl sites for hydroxylation is 3. The van der Waals surface area contributed by atoms with Crippen LogP contribution in [0.4, 0.5) is 0 Å². The fraction of sp³-hybridized carbons (Fsp3) is 0.321. The van der Waals surface area contributed by atoms with Crippen LogP contribution in [-0.2, 0) is 13.2 Å². The number of aromatic nitrogens is 2. The standard InChI is InChI=1S/C28H32N2O2/c1-20(2)23-12-14-24(15-13-23)31-17-7-16-30-26-9-6-5-8-25(26)29-28(30)19-32-27-18-21(3)10-11-22(27)4/h5-6,8-15,18,20H,7,16-17,19H2,1-4H3. The Labute approximate surface area is 190 Å². The maximum absolute atomic E-state index is 6.17. The zero-order chi connectivity index (χ0) is 22.5.